The highest BCUT2D eigenvalue weighted by Crippen LogP contribution is 2.46. The number of hydrogen-bond acceptors (Lipinski definition) is 9. The van der Waals surface area contributed by atoms with Crippen molar-refractivity contribution in [2.75, 3.05) is 6.61 Å². The summed E-state index contributed by atoms with van der Waals surface area (Å²) in [5.41, 5.74) is 5.06. The molecule has 0 spiro atoms. The largest absolute Gasteiger partial charge is 0.447 e. The molecule has 3 heterocycles. The topological polar surface area (TPSA) is 158 Å². The van der Waals surface area contributed by atoms with Gasteiger partial charge in [0.05, 0.1) is 23.8 Å². The maximum Gasteiger partial charge on any atom is 0.407 e. The summed E-state index contributed by atoms with van der Waals surface area (Å²) in [6, 6.07) is 7.70. The zero-order valence-electron chi connectivity index (χ0n) is 28.7. The van der Waals surface area contributed by atoms with Crippen molar-refractivity contribution < 1.29 is 27.5 Å². The first kappa shape index (κ1) is 35.8. The van der Waals surface area contributed by atoms with Gasteiger partial charge in [-0.25, -0.2) is 19.2 Å². The van der Waals surface area contributed by atoms with E-state index in [4.69, 9.17) is 22.1 Å². The fourth-order valence-corrected chi connectivity index (χ4v) is 6.43. The van der Waals surface area contributed by atoms with E-state index in [0.29, 0.717) is 28.0 Å². The standard InChI is InChI=1S/C34H38ClF3N10O3/c1-6-46-41-15-25(45-46)19-7-9-22(24(36)14-19)34(17-32(2,3)4)28(49)47(30(39)43-34)26(16-51-31(50)44-33(5)11-12-33)20-8-10-23(35)21(13-20)27-40-18-42-48(27)29(37)38/h7-10,13-15,18,26,29H,6,11-12,16-17H2,1-5H3,(H2,39,43)(H,44,50)/t26-,34-/m1/s1. The van der Waals surface area contributed by atoms with Crippen molar-refractivity contribution in [3.8, 4) is 22.6 Å². The lowest BCUT2D eigenvalue weighted by atomic mass is 9.75. The second kappa shape index (κ2) is 13.3. The normalized spacial score (nSPS) is 19.0. The van der Waals surface area contributed by atoms with E-state index < -0.39 is 53.5 Å². The Kier molecular flexibility index (Phi) is 9.33. The minimum Gasteiger partial charge on any atom is -0.447 e. The molecule has 2 amide bonds. The number of nitrogens with two attached hydrogens (primary N) is 1. The molecule has 6 rings (SSSR count). The summed E-state index contributed by atoms with van der Waals surface area (Å²) in [6.07, 6.45) is 3.37. The maximum absolute atomic E-state index is 16.3. The van der Waals surface area contributed by atoms with Gasteiger partial charge in [0.15, 0.2) is 17.3 Å². The number of alkyl carbamates (subject to hydrolysis) is 1. The van der Waals surface area contributed by atoms with E-state index in [1.165, 1.54) is 35.3 Å². The van der Waals surface area contributed by atoms with Gasteiger partial charge >= 0.3 is 12.6 Å². The smallest absolute Gasteiger partial charge is 0.407 e. The number of aromatic nitrogens is 6. The molecule has 2 atom stereocenters. The molecule has 270 valence electrons. The number of halogens is 4. The molecule has 2 aliphatic rings. The zero-order valence-corrected chi connectivity index (χ0v) is 29.5. The SMILES string of the molecule is CCn1ncc(-c2ccc([C@@]3(CC(C)(C)C)N=C(N)N([C@H](COC(=O)NC4(C)CC4)c4ccc(Cl)c(-c5ncnn5C(F)F)c4)C3=O)c(F)c2)n1. The Morgan fingerprint density at radius 3 is 2.53 bits per heavy atom. The van der Waals surface area contributed by atoms with Crippen LogP contribution in [0.3, 0.4) is 0 Å². The van der Waals surface area contributed by atoms with Crippen LogP contribution in [-0.2, 0) is 21.6 Å². The Labute approximate surface area is 297 Å². The van der Waals surface area contributed by atoms with Crippen LogP contribution in [0, 0.1) is 11.2 Å². The van der Waals surface area contributed by atoms with Gasteiger partial charge in [0, 0.05) is 22.2 Å². The Morgan fingerprint density at radius 2 is 1.90 bits per heavy atom. The van der Waals surface area contributed by atoms with E-state index in [-0.39, 0.29) is 34.4 Å². The summed E-state index contributed by atoms with van der Waals surface area (Å²) in [4.78, 5) is 39.1. The van der Waals surface area contributed by atoms with Crippen molar-refractivity contribution in [1.82, 2.24) is 40.0 Å². The molecule has 3 N–H and O–H groups in total. The Balaban J connectivity index is 1.43. The minimum absolute atomic E-state index is 0.0135. The third kappa shape index (κ3) is 7.14. The second-order valence-electron chi connectivity index (χ2n) is 14.2. The lowest BCUT2D eigenvalue weighted by Crippen LogP contribution is -2.48. The van der Waals surface area contributed by atoms with Gasteiger partial charge in [-0.1, -0.05) is 50.6 Å². The highest BCUT2D eigenvalue weighted by Gasteiger charge is 2.54. The molecular weight excluding hydrogens is 689 g/mol. The maximum atomic E-state index is 16.3. The number of hydrogen-bond donors (Lipinski definition) is 2. The number of ether oxygens (including phenoxy) is 1. The van der Waals surface area contributed by atoms with Crippen molar-refractivity contribution in [2.45, 2.75) is 84.1 Å². The van der Waals surface area contributed by atoms with Crippen LogP contribution in [-0.4, -0.2) is 64.8 Å². The number of carbonyl (C=O) groups is 2. The number of benzene rings is 2. The predicted octanol–water partition coefficient (Wildman–Crippen LogP) is 6.22. The Bertz CT molecular complexity index is 2000. The fraction of sp³-hybridized carbons (Fsp3) is 0.441. The molecule has 51 heavy (non-hydrogen) atoms. The first-order valence-electron chi connectivity index (χ1n) is 16.4. The molecule has 2 aromatic carbocycles. The molecule has 13 nitrogen and oxygen atoms in total. The molecule has 1 aliphatic carbocycles. The Hall–Kier alpha value is -4.99. The van der Waals surface area contributed by atoms with E-state index in [0.717, 1.165) is 24.1 Å². The average Bonchev–Trinajstić information content (AvgIpc) is 3.41. The number of guanidine groups is 1. The zero-order chi connectivity index (χ0) is 36.9. The third-order valence-electron chi connectivity index (χ3n) is 8.90. The molecule has 2 aromatic heterocycles. The first-order valence-corrected chi connectivity index (χ1v) is 16.7. The van der Waals surface area contributed by atoms with Gasteiger partial charge in [-0.05, 0) is 62.3 Å². The van der Waals surface area contributed by atoms with Gasteiger partial charge in [-0.2, -0.15) is 33.6 Å². The molecule has 17 heteroatoms. The molecule has 1 saturated carbocycles. The predicted molar refractivity (Wildman–Crippen MR) is 182 cm³/mol. The first-order chi connectivity index (χ1) is 24.0. The molecule has 0 bridgehead atoms. The fourth-order valence-electron chi connectivity index (χ4n) is 6.22. The average molecular weight is 727 g/mol. The number of nitrogens with one attached hydrogen (secondary N) is 1. The van der Waals surface area contributed by atoms with Gasteiger partial charge in [0.2, 0.25) is 0 Å². The van der Waals surface area contributed by atoms with Crippen LogP contribution >= 0.6 is 11.6 Å². The van der Waals surface area contributed by atoms with E-state index in [1.54, 1.807) is 12.1 Å². The molecule has 0 radical (unpaired) electrons. The highest BCUT2D eigenvalue weighted by atomic mass is 35.5. The number of carbonyl (C=O) groups excluding carboxylic acids is 2. The third-order valence-corrected chi connectivity index (χ3v) is 9.23. The highest BCUT2D eigenvalue weighted by molar-refractivity contribution is 6.33. The number of amides is 2. The summed E-state index contributed by atoms with van der Waals surface area (Å²) in [6.45, 7) is 6.50. The molecule has 1 fully saturated rings. The van der Waals surface area contributed by atoms with Crippen LogP contribution in [0.5, 0.6) is 0 Å². The van der Waals surface area contributed by atoms with Crippen molar-refractivity contribution in [3.05, 3.63) is 70.9 Å². The lowest BCUT2D eigenvalue weighted by molar-refractivity contribution is -0.135. The lowest BCUT2D eigenvalue weighted by Gasteiger charge is -2.35. The minimum atomic E-state index is -3.02. The molecule has 4 aromatic rings. The van der Waals surface area contributed by atoms with Gasteiger partial charge < -0.3 is 15.8 Å². The van der Waals surface area contributed by atoms with Crippen LogP contribution in [0.2, 0.25) is 5.02 Å². The number of nitrogens with zero attached hydrogens (tertiary/aromatic N) is 8. The summed E-state index contributed by atoms with van der Waals surface area (Å²) in [5.74, 6) is -1.86. The van der Waals surface area contributed by atoms with Gasteiger partial charge in [0.25, 0.3) is 5.91 Å². The van der Waals surface area contributed by atoms with Crippen molar-refractivity contribution in [2.24, 2.45) is 16.1 Å². The van der Waals surface area contributed by atoms with Crippen LogP contribution in [0.4, 0.5) is 18.0 Å². The van der Waals surface area contributed by atoms with E-state index >= 15 is 4.39 Å². The van der Waals surface area contributed by atoms with Crippen molar-refractivity contribution in [1.29, 1.82) is 0 Å². The summed E-state index contributed by atoms with van der Waals surface area (Å²) in [7, 11) is 0. The monoisotopic (exact) mass is 726 g/mol. The van der Waals surface area contributed by atoms with Crippen molar-refractivity contribution >= 4 is 29.6 Å². The van der Waals surface area contributed by atoms with E-state index in [1.807, 2.05) is 34.6 Å². The van der Waals surface area contributed by atoms with Crippen LogP contribution in [0.25, 0.3) is 22.6 Å². The van der Waals surface area contributed by atoms with Gasteiger partial charge in [0.1, 0.15) is 24.4 Å². The molecule has 0 saturated heterocycles. The molecular formula is C34H38ClF3N10O3. The number of alkyl halides is 2. The van der Waals surface area contributed by atoms with Crippen LogP contribution in [0.15, 0.2) is 53.9 Å². The summed E-state index contributed by atoms with van der Waals surface area (Å²) >= 11 is 6.47. The van der Waals surface area contributed by atoms with Gasteiger partial charge in [-0.15, -0.1) is 0 Å². The molecule has 1 aliphatic heterocycles. The number of aryl methyl sites for hydroxylation is 1. The molecule has 0 unspecified atom stereocenters. The van der Waals surface area contributed by atoms with Crippen LogP contribution in [0.1, 0.15) is 77.6 Å². The second-order valence-corrected chi connectivity index (χ2v) is 14.6. The van der Waals surface area contributed by atoms with Crippen LogP contribution < -0.4 is 11.1 Å². The Morgan fingerprint density at radius 1 is 1.16 bits per heavy atom. The quantitative estimate of drug-likeness (QED) is 0.184. The van der Waals surface area contributed by atoms with E-state index in [9.17, 15) is 18.4 Å². The van der Waals surface area contributed by atoms with Gasteiger partial charge in [-0.3, -0.25) is 9.69 Å². The number of aliphatic imine (C=N–C) groups is 1. The van der Waals surface area contributed by atoms with Crippen molar-refractivity contribution in [3.63, 3.8) is 0 Å². The number of rotatable bonds is 11. The van der Waals surface area contributed by atoms with E-state index in [2.05, 4.69) is 30.6 Å². The summed E-state index contributed by atoms with van der Waals surface area (Å²) in [5, 5.41) is 15.0. The summed E-state index contributed by atoms with van der Waals surface area (Å²) < 4.78 is 50.0.